The Hall–Kier alpha value is -0.610. The van der Waals surface area contributed by atoms with Crippen molar-refractivity contribution in [2.45, 2.75) is 12.5 Å². The summed E-state index contributed by atoms with van der Waals surface area (Å²) in [5.74, 6) is -0.519. The minimum atomic E-state index is -0.411. The molecule has 1 saturated heterocycles. The molecule has 1 aliphatic heterocycles. The Morgan fingerprint density at radius 1 is 1.60 bits per heavy atom. The minimum absolute atomic E-state index is 0.191. The van der Waals surface area contributed by atoms with Gasteiger partial charge in [0.15, 0.2) is 0 Å². The molecule has 58 valence electrons. The van der Waals surface area contributed by atoms with Gasteiger partial charge in [-0.1, -0.05) is 0 Å². The first kappa shape index (κ1) is 7.50. The largest absolute Gasteiger partial charge is 0.392 e. The summed E-state index contributed by atoms with van der Waals surface area (Å²) in [5.41, 5.74) is 5.04. The van der Waals surface area contributed by atoms with Crippen LogP contribution in [0.15, 0.2) is 0 Å². The summed E-state index contributed by atoms with van der Waals surface area (Å²) in [6, 6.07) is 0. The van der Waals surface area contributed by atoms with Crippen LogP contribution >= 0.6 is 0 Å². The van der Waals surface area contributed by atoms with Crippen LogP contribution in [0.3, 0.4) is 0 Å². The molecule has 1 fully saturated rings. The third-order valence-corrected chi connectivity index (χ3v) is 1.73. The second-order valence-electron chi connectivity index (χ2n) is 2.65. The summed E-state index contributed by atoms with van der Waals surface area (Å²) < 4.78 is 0. The quantitative estimate of drug-likeness (QED) is 0.416. The summed E-state index contributed by atoms with van der Waals surface area (Å²) >= 11 is 0. The van der Waals surface area contributed by atoms with Gasteiger partial charge in [0.2, 0.25) is 5.91 Å². The van der Waals surface area contributed by atoms with E-state index < -0.39 is 6.10 Å². The maximum Gasteiger partial charge on any atom is 0.221 e. The van der Waals surface area contributed by atoms with Gasteiger partial charge in [0.1, 0.15) is 0 Å². The van der Waals surface area contributed by atoms with E-state index in [9.17, 15) is 4.79 Å². The summed E-state index contributed by atoms with van der Waals surface area (Å²) in [6.07, 6.45) is 0.0914. The molecular weight excluding hydrogens is 132 g/mol. The molecule has 1 rings (SSSR count). The summed E-state index contributed by atoms with van der Waals surface area (Å²) in [6.45, 7) is 1.18. The Kier molecular flexibility index (Phi) is 2.24. The molecule has 0 spiro atoms. The molecule has 0 aromatic rings. The number of aliphatic hydroxyl groups excluding tert-OH is 1. The van der Waals surface area contributed by atoms with Gasteiger partial charge >= 0.3 is 0 Å². The number of nitrogens with one attached hydrogen (secondary N) is 1. The highest BCUT2D eigenvalue weighted by molar-refractivity contribution is 5.77. The number of rotatable bonds is 1. The maximum absolute atomic E-state index is 10.6. The number of amides is 1. The standard InChI is InChI=1S/C6H12N2O2/c7-6(10)4-1-5(9)3-8-2-4/h4-5,8-9H,1-3H2,(H2,7,10)/t4-,5-/m0/s1. The van der Waals surface area contributed by atoms with Crippen LogP contribution in [0.5, 0.6) is 0 Å². The van der Waals surface area contributed by atoms with Gasteiger partial charge in [0, 0.05) is 13.1 Å². The normalized spacial score (nSPS) is 33.7. The molecule has 0 saturated carbocycles. The van der Waals surface area contributed by atoms with Gasteiger partial charge in [0.05, 0.1) is 12.0 Å². The van der Waals surface area contributed by atoms with Gasteiger partial charge in [-0.2, -0.15) is 0 Å². The van der Waals surface area contributed by atoms with Gasteiger partial charge in [-0.05, 0) is 6.42 Å². The number of β-amino-alcohol motifs (C(OH)–C–C–N with tert-alkyl or cyclic N) is 1. The van der Waals surface area contributed by atoms with Crippen molar-refractivity contribution >= 4 is 5.91 Å². The molecule has 1 amide bonds. The zero-order chi connectivity index (χ0) is 7.56. The first-order valence-electron chi connectivity index (χ1n) is 3.38. The second-order valence-corrected chi connectivity index (χ2v) is 2.65. The molecule has 1 aliphatic rings. The summed E-state index contributed by atoms with van der Waals surface area (Å²) in [4.78, 5) is 10.6. The van der Waals surface area contributed by atoms with Crippen LogP contribution in [0, 0.1) is 5.92 Å². The number of piperidine rings is 1. The van der Waals surface area contributed by atoms with Gasteiger partial charge in [0.25, 0.3) is 0 Å². The Balaban J connectivity index is 2.39. The van der Waals surface area contributed by atoms with E-state index in [0.717, 1.165) is 0 Å². The molecule has 4 N–H and O–H groups in total. The van der Waals surface area contributed by atoms with E-state index in [1.807, 2.05) is 0 Å². The Labute approximate surface area is 59.4 Å². The molecule has 0 aromatic carbocycles. The number of carbonyl (C=O) groups is 1. The Morgan fingerprint density at radius 3 is 2.70 bits per heavy atom. The molecule has 0 aromatic heterocycles. The van der Waals surface area contributed by atoms with Crippen LogP contribution in [0.2, 0.25) is 0 Å². The molecule has 10 heavy (non-hydrogen) atoms. The van der Waals surface area contributed by atoms with Crippen LogP contribution in [-0.2, 0) is 4.79 Å². The minimum Gasteiger partial charge on any atom is -0.392 e. The molecule has 0 radical (unpaired) electrons. The molecule has 0 unspecified atom stereocenters. The van der Waals surface area contributed by atoms with E-state index >= 15 is 0 Å². The first-order valence-corrected chi connectivity index (χ1v) is 3.38. The number of nitrogens with two attached hydrogens (primary N) is 1. The van der Waals surface area contributed by atoms with Crippen LogP contribution in [0.1, 0.15) is 6.42 Å². The van der Waals surface area contributed by atoms with E-state index in [1.165, 1.54) is 0 Å². The molecule has 0 bridgehead atoms. The van der Waals surface area contributed by atoms with Crippen molar-refractivity contribution in [3.05, 3.63) is 0 Å². The highest BCUT2D eigenvalue weighted by atomic mass is 16.3. The molecular formula is C6H12N2O2. The van der Waals surface area contributed by atoms with E-state index in [2.05, 4.69) is 5.32 Å². The van der Waals surface area contributed by atoms with Gasteiger partial charge in [-0.15, -0.1) is 0 Å². The van der Waals surface area contributed by atoms with E-state index in [0.29, 0.717) is 19.5 Å². The number of hydrogen-bond acceptors (Lipinski definition) is 3. The van der Waals surface area contributed by atoms with E-state index in [-0.39, 0.29) is 11.8 Å². The van der Waals surface area contributed by atoms with Crippen LogP contribution in [0.4, 0.5) is 0 Å². The predicted octanol–water partition coefficient (Wildman–Crippen LogP) is -1.56. The van der Waals surface area contributed by atoms with E-state index in [4.69, 9.17) is 10.8 Å². The third-order valence-electron chi connectivity index (χ3n) is 1.73. The lowest BCUT2D eigenvalue weighted by molar-refractivity contribution is -0.123. The maximum atomic E-state index is 10.6. The van der Waals surface area contributed by atoms with Crippen molar-refractivity contribution in [2.24, 2.45) is 11.7 Å². The zero-order valence-electron chi connectivity index (χ0n) is 5.71. The Morgan fingerprint density at radius 2 is 2.30 bits per heavy atom. The molecule has 4 nitrogen and oxygen atoms in total. The first-order chi connectivity index (χ1) is 4.70. The lowest BCUT2D eigenvalue weighted by atomic mass is 9.97. The lowest BCUT2D eigenvalue weighted by Crippen LogP contribution is -2.44. The van der Waals surface area contributed by atoms with Gasteiger partial charge < -0.3 is 16.2 Å². The SMILES string of the molecule is NC(=O)[C@@H]1CNC[C@@H](O)C1. The zero-order valence-corrected chi connectivity index (χ0v) is 5.71. The fraction of sp³-hybridized carbons (Fsp3) is 0.833. The monoisotopic (exact) mass is 144 g/mol. The van der Waals surface area contributed by atoms with E-state index in [1.54, 1.807) is 0 Å². The molecule has 2 atom stereocenters. The predicted molar refractivity (Wildman–Crippen MR) is 36.2 cm³/mol. The average molecular weight is 144 g/mol. The van der Waals surface area contributed by atoms with Crippen LogP contribution in [0.25, 0.3) is 0 Å². The van der Waals surface area contributed by atoms with Crippen molar-refractivity contribution in [1.82, 2.24) is 5.32 Å². The smallest absolute Gasteiger partial charge is 0.221 e. The third kappa shape index (κ3) is 1.68. The number of aliphatic hydroxyl groups is 1. The van der Waals surface area contributed by atoms with Gasteiger partial charge in [-0.3, -0.25) is 4.79 Å². The number of hydrogen-bond donors (Lipinski definition) is 3. The topological polar surface area (TPSA) is 75.4 Å². The number of carbonyl (C=O) groups excluding carboxylic acids is 1. The van der Waals surface area contributed by atoms with Crippen molar-refractivity contribution in [3.8, 4) is 0 Å². The fourth-order valence-electron chi connectivity index (χ4n) is 1.14. The van der Waals surface area contributed by atoms with Crippen molar-refractivity contribution < 1.29 is 9.90 Å². The second kappa shape index (κ2) is 2.98. The highest BCUT2D eigenvalue weighted by Crippen LogP contribution is 2.08. The molecule has 0 aliphatic carbocycles. The Bertz CT molecular complexity index is 138. The number of primary amides is 1. The van der Waals surface area contributed by atoms with Crippen molar-refractivity contribution in [2.75, 3.05) is 13.1 Å². The average Bonchev–Trinajstić information content (AvgIpc) is 1.88. The fourth-order valence-corrected chi connectivity index (χ4v) is 1.14. The van der Waals surface area contributed by atoms with Crippen LogP contribution < -0.4 is 11.1 Å². The molecule has 1 heterocycles. The van der Waals surface area contributed by atoms with Crippen molar-refractivity contribution in [3.63, 3.8) is 0 Å². The summed E-state index contributed by atoms with van der Waals surface area (Å²) in [7, 11) is 0. The molecule has 4 heteroatoms. The van der Waals surface area contributed by atoms with Crippen LogP contribution in [-0.4, -0.2) is 30.2 Å². The highest BCUT2D eigenvalue weighted by Gasteiger charge is 2.23. The lowest BCUT2D eigenvalue weighted by Gasteiger charge is -2.24. The summed E-state index contributed by atoms with van der Waals surface area (Å²) in [5, 5.41) is 12.0. The van der Waals surface area contributed by atoms with Crippen molar-refractivity contribution in [1.29, 1.82) is 0 Å². The van der Waals surface area contributed by atoms with Gasteiger partial charge in [-0.25, -0.2) is 0 Å².